The number of aryl methyl sites for hydroxylation is 1. The summed E-state index contributed by atoms with van der Waals surface area (Å²) in [5, 5.41) is 2.89. The predicted octanol–water partition coefficient (Wildman–Crippen LogP) is -0.0855. The Labute approximate surface area is 100.0 Å². The van der Waals surface area contributed by atoms with Gasteiger partial charge in [-0.25, -0.2) is 5.43 Å². The zero-order valence-corrected chi connectivity index (χ0v) is 9.95. The lowest BCUT2D eigenvalue weighted by atomic mass is 10.1. The number of carbonyl (C=O) groups is 1. The maximum absolute atomic E-state index is 12.0. The standard InChI is InChI=1S/C11H17N5O/c1-6-3-10(16-15-6)14-11(17)9-4-8(12)5-13-7(9)2/h4-6,10,15-16H,3,12H2,1-2H3,(H,14,17). The molecule has 1 aromatic heterocycles. The molecule has 5 N–H and O–H groups in total. The predicted molar refractivity (Wildman–Crippen MR) is 65.0 cm³/mol. The molecule has 92 valence electrons. The van der Waals surface area contributed by atoms with Gasteiger partial charge in [-0.2, -0.15) is 0 Å². The van der Waals surface area contributed by atoms with Gasteiger partial charge in [-0.3, -0.25) is 15.2 Å². The zero-order valence-electron chi connectivity index (χ0n) is 9.95. The maximum Gasteiger partial charge on any atom is 0.254 e. The Hall–Kier alpha value is -1.66. The van der Waals surface area contributed by atoms with Crippen LogP contribution in [0.25, 0.3) is 0 Å². The summed E-state index contributed by atoms with van der Waals surface area (Å²) in [6.45, 7) is 3.84. The molecule has 1 saturated heterocycles. The van der Waals surface area contributed by atoms with E-state index in [1.54, 1.807) is 19.2 Å². The fourth-order valence-corrected chi connectivity index (χ4v) is 1.82. The number of anilines is 1. The number of nitrogen functional groups attached to an aromatic ring is 1. The van der Waals surface area contributed by atoms with Crippen LogP contribution in [0.1, 0.15) is 29.4 Å². The molecule has 1 fully saturated rings. The van der Waals surface area contributed by atoms with Gasteiger partial charge in [-0.15, -0.1) is 0 Å². The topological polar surface area (TPSA) is 92.1 Å². The van der Waals surface area contributed by atoms with Gasteiger partial charge < -0.3 is 11.1 Å². The minimum Gasteiger partial charge on any atom is -0.397 e. The Morgan fingerprint density at radius 3 is 3.00 bits per heavy atom. The molecule has 2 unspecified atom stereocenters. The molecule has 1 aliphatic rings. The average molecular weight is 235 g/mol. The van der Waals surface area contributed by atoms with Crippen LogP contribution in [-0.2, 0) is 0 Å². The van der Waals surface area contributed by atoms with E-state index in [1.807, 2.05) is 6.92 Å². The molecule has 1 aliphatic heterocycles. The third-order valence-electron chi connectivity index (χ3n) is 2.75. The third-order valence-corrected chi connectivity index (χ3v) is 2.75. The van der Waals surface area contributed by atoms with Gasteiger partial charge in [0.15, 0.2) is 0 Å². The first-order valence-corrected chi connectivity index (χ1v) is 5.60. The van der Waals surface area contributed by atoms with E-state index < -0.39 is 0 Å². The van der Waals surface area contributed by atoms with Gasteiger partial charge in [0.1, 0.15) is 0 Å². The molecule has 0 aliphatic carbocycles. The summed E-state index contributed by atoms with van der Waals surface area (Å²) in [6, 6.07) is 1.99. The number of hydrogen-bond acceptors (Lipinski definition) is 5. The lowest BCUT2D eigenvalue weighted by molar-refractivity contribution is 0.0931. The average Bonchev–Trinajstić information content (AvgIpc) is 2.67. The van der Waals surface area contributed by atoms with Crippen molar-refractivity contribution in [1.29, 1.82) is 0 Å². The largest absolute Gasteiger partial charge is 0.397 e. The second-order valence-electron chi connectivity index (χ2n) is 4.35. The van der Waals surface area contributed by atoms with Crippen molar-refractivity contribution < 1.29 is 4.79 Å². The first-order chi connectivity index (χ1) is 8.06. The molecule has 0 saturated carbocycles. The van der Waals surface area contributed by atoms with Crippen LogP contribution in [0.15, 0.2) is 12.3 Å². The van der Waals surface area contributed by atoms with E-state index in [0.29, 0.717) is 23.0 Å². The van der Waals surface area contributed by atoms with Crippen LogP contribution in [0.5, 0.6) is 0 Å². The molecule has 0 radical (unpaired) electrons. The van der Waals surface area contributed by atoms with Crippen molar-refractivity contribution in [2.75, 3.05) is 5.73 Å². The van der Waals surface area contributed by atoms with E-state index in [0.717, 1.165) is 6.42 Å². The van der Waals surface area contributed by atoms with Crippen LogP contribution >= 0.6 is 0 Å². The van der Waals surface area contributed by atoms with E-state index >= 15 is 0 Å². The van der Waals surface area contributed by atoms with E-state index in [4.69, 9.17) is 5.73 Å². The lowest BCUT2D eigenvalue weighted by Gasteiger charge is -2.13. The van der Waals surface area contributed by atoms with E-state index in [1.165, 1.54) is 0 Å². The molecular weight excluding hydrogens is 218 g/mol. The number of hydrogen-bond donors (Lipinski definition) is 4. The SMILES string of the molecule is Cc1ncc(N)cc1C(=O)NC1CC(C)NN1. The van der Waals surface area contributed by atoms with Gasteiger partial charge >= 0.3 is 0 Å². The first-order valence-electron chi connectivity index (χ1n) is 5.60. The van der Waals surface area contributed by atoms with Gasteiger partial charge in [0, 0.05) is 6.04 Å². The minimum atomic E-state index is -0.157. The highest BCUT2D eigenvalue weighted by Crippen LogP contribution is 2.10. The fourth-order valence-electron chi connectivity index (χ4n) is 1.82. The summed E-state index contributed by atoms with van der Waals surface area (Å²) in [6.07, 6.45) is 2.34. The van der Waals surface area contributed by atoms with E-state index in [9.17, 15) is 4.79 Å². The van der Waals surface area contributed by atoms with Crippen LogP contribution in [0, 0.1) is 6.92 Å². The number of nitrogens with two attached hydrogens (primary N) is 1. The highest BCUT2D eigenvalue weighted by atomic mass is 16.1. The molecular formula is C11H17N5O. The number of carbonyl (C=O) groups excluding carboxylic acids is 1. The minimum absolute atomic E-state index is 0.0571. The number of aromatic nitrogens is 1. The fraction of sp³-hybridized carbons (Fsp3) is 0.455. The van der Waals surface area contributed by atoms with Crippen molar-refractivity contribution in [3.63, 3.8) is 0 Å². The van der Waals surface area contributed by atoms with Crippen molar-refractivity contribution in [2.24, 2.45) is 0 Å². The molecule has 1 amide bonds. The number of rotatable bonds is 2. The molecule has 6 heteroatoms. The number of amides is 1. The molecule has 2 heterocycles. The third kappa shape index (κ3) is 2.72. The summed E-state index contributed by atoms with van der Waals surface area (Å²) in [7, 11) is 0. The van der Waals surface area contributed by atoms with Crippen molar-refractivity contribution >= 4 is 11.6 Å². The summed E-state index contributed by atoms with van der Waals surface area (Å²) in [4.78, 5) is 16.1. The van der Waals surface area contributed by atoms with Crippen LogP contribution in [0.4, 0.5) is 5.69 Å². The Morgan fingerprint density at radius 2 is 2.35 bits per heavy atom. The molecule has 6 nitrogen and oxygen atoms in total. The highest BCUT2D eigenvalue weighted by molar-refractivity contribution is 5.96. The highest BCUT2D eigenvalue weighted by Gasteiger charge is 2.22. The molecule has 2 atom stereocenters. The molecule has 0 spiro atoms. The van der Waals surface area contributed by atoms with Gasteiger partial charge in [-0.1, -0.05) is 0 Å². The summed E-state index contributed by atoms with van der Waals surface area (Å²) >= 11 is 0. The molecule has 17 heavy (non-hydrogen) atoms. The van der Waals surface area contributed by atoms with Crippen LogP contribution in [-0.4, -0.2) is 23.1 Å². The first kappa shape index (κ1) is 11.8. The molecule has 0 aromatic carbocycles. The van der Waals surface area contributed by atoms with Gasteiger partial charge in [0.05, 0.1) is 29.3 Å². The Balaban J connectivity index is 2.06. The van der Waals surface area contributed by atoms with Gasteiger partial charge in [-0.05, 0) is 26.3 Å². The number of nitrogens with one attached hydrogen (secondary N) is 3. The summed E-state index contributed by atoms with van der Waals surface area (Å²) < 4.78 is 0. The quantitative estimate of drug-likeness (QED) is 0.575. The smallest absolute Gasteiger partial charge is 0.254 e. The Kier molecular flexibility index (Phi) is 3.26. The zero-order chi connectivity index (χ0) is 12.4. The summed E-state index contributed by atoms with van der Waals surface area (Å²) in [5.41, 5.74) is 13.4. The van der Waals surface area contributed by atoms with Gasteiger partial charge in [0.25, 0.3) is 5.91 Å². The van der Waals surface area contributed by atoms with Crippen molar-refractivity contribution in [3.05, 3.63) is 23.5 Å². The monoisotopic (exact) mass is 235 g/mol. The Bertz CT molecular complexity index is 434. The molecule has 0 bridgehead atoms. The second kappa shape index (κ2) is 4.68. The van der Waals surface area contributed by atoms with Crippen molar-refractivity contribution in [1.82, 2.24) is 21.2 Å². The number of nitrogens with zero attached hydrogens (tertiary/aromatic N) is 1. The number of pyridine rings is 1. The van der Waals surface area contributed by atoms with Crippen LogP contribution in [0.3, 0.4) is 0 Å². The Morgan fingerprint density at radius 1 is 1.59 bits per heavy atom. The van der Waals surface area contributed by atoms with Crippen molar-refractivity contribution in [3.8, 4) is 0 Å². The van der Waals surface area contributed by atoms with Crippen LogP contribution in [0.2, 0.25) is 0 Å². The van der Waals surface area contributed by atoms with Crippen LogP contribution < -0.4 is 21.9 Å². The second-order valence-corrected chi connectivity index (χ2v) is 4.35. The number of hydrazine groups is 1. The summed E-state index contributed by atoms with van der Waals surface area (Å²) in [5.74, 6) is -0.157. The van der Waals surface area contributed by atoms with E-state index in [2.05, 4.69) is 21.2 Å². The molecule has 1 aromatic rings. The van der Waals surface area contributed by atoms with Crippen molar-refractivity contribution in [2.45, 2.75) is 32.5 Å². The normalized spacial score (nSPS) is 23.6. The maximum atomic E-state index is 12.0. The van der Waals surface area contributed by atoms with Gasteiger partial charge in [0.2, 0.25) is 0 Å². The molecule has 2 rings (SSSR count). The lowest BCUT2D eigenvalue weighted by Crippen LogP contribution is -2.44. The van der Waals surface area contributed by atoms with E-state index in [-0.39, 0.29) is 12.1 Å².